The molecule has 0 aliphatic rings. The van der Waals surface area contributed by atoms with Gasteiger partial charge in [0.15, 0.2) is 5.78 Å². The molecule has 0 radical (unpaired) electrons. The van der Waals surface area contributed by atoms with E-state index in [1.807, 2.05) is 36.4 Å². The maximum atomic E-state index is 13.0. The van der Waals surface area contributed by atoms with Gasteiger partial charge in [0, 0.05) is 5.56 Å². The molecule has 0 saturated heterocycles. The van der Waals surface area contributed by atoms with Gasteiger partial charge in [-0.05, 0) is 78.4 Å². The summed E-state index contributed by atoms with van der Waals surface area (Å²) >= 11 is 0. The number of benzene rings is 3. The van der Waals surface area contributed by atoms with Crippen molar-refractivity contribution >= 4 is 17.9 Å². The molecule has 3 aromatic rings. The Morgan fingerprint density at radius 1 is 0.684 bits per heavy atom. The van der Waals surface area contributed by atoms with Crippen molar-refractivity contribution in [2.75, 3.05) is 6.61 Å². The second-order valence-electron chi connectivity index (χ2n) is 9.85. The van der Waals surface area contributed by atoms with Crippen LogP contribution in [0.2, 0.25) is 0 Å². The molecule has 0 bridgehead atoms. The van der Waals surface area contributed by atoms with E-state index in [1.165, 1.54) is 87.6 Å². The molecule has 3 heteroatoms. The van der Waals surface area contributed by atoms with Crippen LogP contribution in [-0.4, -0.2) is 12.4 Å². The lowest BCUT2D eigenvalue weighted by molar-refractivity contribution is 0.104. The first-order valence-electron chi connectivity index (χ1n) is 14.1. The number of hydrogen-bond donors (Lipinski definition) is 0. The molecule has 0 aliphatic heterocycles. The predicted octanol–water partition coefficient (Wildman–Crippen LogP) is 9.89. The van der Waals surface area contributed by atoms with Crippen LogP contribution in [0, 0.1) is 5.82 Å². The maximum Gasteiger partial charge on any atom is 0.185 e. The summed E-state index contributed by atoms with van der Waals surface area (Å²) in [5.41, 5.74) is 3.94. The van der Waals surface area contributed by atoms with Gasteiger partial charge in [0.1, 0.15) is 11.6 Å². The van der Waals surface area contributed by atoms with Crippen LogP contribution in [0.15, 0.2) is 85.5 Å². The van der Waals surface area contributed by atoms with Gasteiger partial charge in [-0.2, -0.15) is 0 Å². The van der Waals surface area contributed by atoms with Crippen molar-refractivity contribution in [3.63, 3.8) is 0 Å². The first-order chi connectivity index (χ1) is 18.6. The topological polar surface area (TPSA) is 26.3 Å². The molecule has 0 unspecified atom stereocenters. The van der Waals surface area contributed by atoms with E-state index in [0.29, 0.717) is 5.56 Å². The molecule has 0 spiro atoms. The molecule has 2 nitrogen and oxygen atoms in total. The standard InChI is InChI=1S/C35H41FO2/c1-2-29-18-25-34(26-19-29)38-28-12-10-8-6-4-3-5-7-9-11-13-30-14-16-31(17-15-30)20-27-35(37)32-21-23-33(36)24-22-32/h2,14-27H,1,3-13,28H2. The van der Waals surface area contributed by atoms with Gasteiger partial charge in [-0.1, -0.05) is 106 Å². The second kappa shape index (κ2) is 17.1. The summed E-state index contributed by atoms with van der Waals surface area (Å²) in [5.74, 6) is 0.486. The van der Waals surface area contributed by atoms with E-state index in [0.717, 1.165) is 36.3 Å². The Balaban J connectivity index is 1.15. The molecule has 0 heterocycles. The smallest absolute Gasteiger partial charge is 0.185 e. The lowest BCUT2D eigenvalue weighted by Crippen LogP contribution is -1.97. The summed E-state index contributed by atoms with van der Waals surface area (Å²) < 4.78 is 18.8. The first-order valence-corrected chi connectivity index (χ1v) is 14.1. The van der Waals surface area contributed by atoms with E-state index < -0.39 is 0 Å². The third-order valence-corrected chi connectivity index (χ3v) is 6.78. The lowest BCUT2D eigenvalue weighted by Gasteiger charge is -2.06. The summed E-state index contributed by atoms with van der Waals surface area (Å²) in [6, 6.07) is 22.1. The van der Waals surface area contributed by atoms with Gasteiger partial charge in [0.25, 0.3) is 0 Å². The van der Waals surface area contributed by atoms with E-state index >= 15 is 0 Å². The van der Waals surface area contributed by atoms with Crippen LogP contribution in [-0.2, 0) is 6.42 Å². The van der Waals surface area contributed by atoms with E-state index in [1.54, 1.807) is 6.08 Å². The number of unbranched alkanes of at least 4 members (excludes halogenated alkanes) is 9. The third-order valence-electron chi connectivity index (χ3n) is 6.78. The van der Waals surface area contributed by atoms with Gasteiger partial charge in [0.2, 0.25) is 0 Å². The fraction of sp³-hybridized carbons (Fsp3) is 0.343. The Labute approximate surface area is 228 Å². The van der Waals surface area contributed by atoms with Crippen molar-refractivity contribution in [3.8, 4) is 5.75 Å². The number of hydrogen-bond acceptors (Lipinski definition) is 2. The Kier molecular flexibility index (Phi) is 13.1. The van der Waals surface area contributed by atoms with E-state index in [4.69, 9.17) is 4.74 Å². The molecule has 38 heavy (non-hydrogen) atoms. The zero-order chi connectivity index (χ0) is 26.8. The molecular formula is C35H41FO2. The third kappa shape index (κ3) is 11.3. The monoisotopic (exact) mass is 512 g/mol. The minimum absolute atomic E-state index is 0.120. The van der Waals surface area contributed by atoms with Crippen molar-refractivity contribution < 1.29 is 13.9 Å². The first kappa shape index (κ1) is 29.1. The molecule has 0 aromatic heterocycles. The summed E-state index contributed by atoms with van der Waals surface area (Å²) in [7, 11) is 0. The molecule has 3 aromatic carbocycles. The molecule has 0 fully saturated rings. The Morgan fingerprint density at radius 2 is 1.24 bits per heavy atom. The zero-order valence-electron chi connectivity index (χ0n) is 22.5. The molecule has 0 aliphatic carbocycles. The summed E-state index contributed by atoms with van der Waals surface area (Å²) in [6.45, 7) is 4.57. The molecular weight excluding hydrogens is 471 g/mol. The number of halogens is 1. The van der Waals surface area contributed by atoms with E-state index in [2.05, 4.69) is 30.8 Å². The molecule has 200 valence electrons. The highest BCUT2D eigenvalue weighted by Crippen LogP contribution is 2.16. The number of ether oxygens (including phenoxy) is 1. The van der Waals surface area contributed by atoms with Gasteiger partial charge >= 0.3 is 0 Å². The highest BCUT2D eigenvalue weighted by Gasteiger charge is 2.02. The van der Waals surface area contributed by atoms with Crippen LogP contribution in [0.5, 0.6) is 5.75 Å². The van der Waals surface area contributed by atoms with Crippen molar-refractivity contribution in [1.82, 2.24) is 0 Å². The Morgan fingerprint density at radius 3 is 1.84 bits per heavy atom. The zero-order valence-corrected chi connectivity index (χ0v) is 22.5. The Bertz CT molecular complexity index is 1110. The van der Waals surface area contributed by atoms with Crippen LogP contribution in [0.4, 0.5) is 4.39 Å². The van der Waals surface area contributed by atoms with Crippen LogP contribution < -0.4 is 4.74 Å². The maximum absolute atomic E-state index is 13.0. The lowest BCUT2D eigenvalue weighted by atomic mass is 10.0. The van der Waals surface area contributed by atoms with Gasteiger partial charge in [0.05, 0.1) is 6.61 Å². The van der Waals surface area contributed by atoms with E-state index in [-0.39, 0.29) is 11.6 Å². The van der Waals surface area contributed by atoms with Crippen molar-refractivity contribution in [2.24, 2.45) is 0 Å². The summed E-state index contributed by atoms with van der Waals surface area (Å²) in [6.07, 6.45) is 19.1. The number of carbonyl (C=O) groups is 1. The SMILES string of the molecule is C=Cc1ccc(OCCCCCCCCCCCCc2ccc(C=CC(=O)c3ccc(F)cc3)cc2)cc1. The molecule has 0 amide bonds. The highest BCUT2D eigenvalue weighted by atomic mass is 19.1. The number of aryl methyl sites for hydroxylation is 1. The molecule has 0 atom stereocenters. The highest BCUT2D eigenvalue weighted by molar-refractivity contribution is 6.06. The number of allylic oxidation sites excluding steroid dienone is 1. The van der Waals surface area contributed by atoms with Gasteiger partial charge in [-0.25, -0.2) is 4.39 Å². The minimum Gasteiger partial charge on any atom is -0.494 e. The van der Waals surface area contributed by atoms with Crippen LogP contribution >= 0.6 is 0 Å². The van der Waals surface area contributed by atoms with Crippen molar-refractivity contribution in [3.05, 3.63) is 114 Å². The van der Waals surface area contributed by atoms with Crippen LogP contribution in [0.1, 0.15) is 91.3 Å². The molecule has 3 rings (SSSR count). The average Bonchev–Trinajstić information content (AvgIpc) is 2.95. The second-order valence-corrected chi connectivity index (χ2v) is 9.85. The van der Waals surface area contributed by atoms with Crippen LogP contribution in [0.3, 0.4) is 0 Å². The predicted molar refractivity (Wildman–Crippen MR) is 158 cm³/mol. The fourth-order valence-electron chi connectivity index (χ4n) is 4.41. The van der Waals surface area contributed by atoms with Crippen molar-refractivity contribution in [1.29, 1.82) is 0 Å². The largest absolute Gasteiger partial charge is 0.494 e. The molecule has 0 N–H and O–H groups in total. The normalized spacial score (nSPS) is 11.1. The fourth-order valence-corrected chi connectivity index (χ4v) is 4.41. The minimum atomic E-state index is -0.336. The van der Waals surface area contributed by atoms with Gasteiger partial charge in [-0.15, -0.1) is 0 Å². The number of ketones is 1. The van der Waals surface area contributed by atoms with Gasteiger partial charge in [-0.3, -0.25) is 4.79 Å². The van der Waals surface area contributed by atoms with Gasteiger partial charge < -0.3 is 4.74 Å². The summed E-state index contributed by atoms with van der Waals surface area (Å²) in [5, 5.41) is 0. The van der Waals surface area contributed by atoms with Crippen LogP contribution in [0.25, 0.3) is 12.2 Å². The Hall–Kier alpha value is -3.46. The average molecular weight is 513 g/mol. The summed E-state index contributed by atoms with van der Waals surface area (Å²) in [4.78, 5) is 12.2. The number of rotatable bonds is 18. The van der Waals surface area contributed by atoms with Crippen molar-refractivity contribution in [2.45, 2.75) is 70.6 Å². The quantitative estimate of drug-likeness (QED) is 0.0963. The molecule has 0 saturated carbocycles. The number of carbonyl (C=O) groups excluding carboxylic acids is 1. The van der Waals surface area contributed by atoms with E-state index in [9.17, 15) is 9.18 Å².